The van der Waals surface area contributed by atoms with Gasteiger partial charge in [0.2, 0.25) is 10.0 Å². The van der Waals surface area contributed by atoms with E-state index in [-0.39, 0.29) is 16.2 Å². The standard InChI is InChI=1S/C11H14ClFN2O2S/c1-8-7-15(3-2-11(8)12)18(16,17)10-4-9(13)5-14-6-10/h4-6,8,11H,2-3,7H2,1H3. The van der Waals surface area contributed by atoms with E-state index in [1.54, 1.807) is 0 Å². The van der Waals surface area contributed by atoms with Crippen LogP contribution in [0.5, 0.6) is 0 Å². The third kappa shape index (κ3) is 2.65. The maximum atomic E-state index is 13.0. The largest absolute Gasteiger partial charge is 0.260 e. The SMILES string of the molecule is CC1CN(S(=O)(=O)c2cncc(F)c2)CCC1Cl. The quantitative estimate of drug-likeness (QED) is 0.782. The van der Waals surface area contributed by atoms with Crippen molar-refractivity contribution in [2.75, 3.05) is 13.1 Å². The molecule has 1 aromatic rings. The monoisotopic (exact) mass is 292 g/mol. The number of sulfonamides is 1. The summed E-state index contributed by atoms with van der Waals surface area (Å²) in [7, 11) is -3.67. The number of hydrogen-bond acceptors (Lipinski definition) is 3. The molecule has 1 saturated heterocycles. The van der Waals surface area contributed by atoms with E-state index in [1.807, 2.05) is 6.92 Å². The van der Waals surface area contributed by atoms with Crippen molar-refractivity contribution in [3.05, 3.63) is 24.3 Å². The summed E-state index contributed by atoms with van der Waals surface area (Å²) < 4.78 is 38.9. The lowest BCUT2D eigenvalue weighted by atomic mass is 10.0. The third-order valence-electron chi connectivity index (χ3n) is 3.08. The lowest BCUT2D eigenvalue weighted by Gasteiger charge is -2.33. The van der Waals surface area contributed by atoms with Crippen molar-refractivity contribution in [2.24, 2.45) is 5.92 Å². The fourth-order valence-corrected chi connectivity index (χ4v) is 3.69. The number of halogens is 2. The zero-order valence-electron chi connectivity index (χ0n) is 9.88. The Bertz CT molecular complexity index is 538. The summed E-state index contributed by atoms with van der Waals surface area (Å²) in [6, 6.07) is 0.986. The van der Waals surface area contributed by atoms with Crippen LogP contribution in [0, 0.1) is 11.7 Å². The number of aromatic nitrogens is 1. The van der Waals surface area contributed by atoms with Gasteiger partial charge >= 0.3 is 0 Å². The van der Waals surface area contributed by atoms with Crippen LogP contribution in [0.25, 0.3) is 0 Å². The Morgan fingerprint density at radius 1 is 1.50 bits per heavy atom. The lowest BCUT2D eigenvalue weighted by molar-refractivity contribution is 0.286. The highest BCUT2D eigenvalue weighted by molar-refractivity contribution is 7.89. The second-order valence-corrected chi connectivity index (χ2v) is 6.98. The molecule has 0 spiro atoms. The molecule has 0 bridgehead atoms. The van der Waals surface area contributed by atoms with Crippen molar-refractivity contribution in [3.63, 3.8) is 0 Å². The van der Waals surface area contributed by atoms with Gasteiger partial charge in [0.25, 0.3) is 0 Å². The molecule has 18 heavy (non-hydrogen) atoms. The van der Waals surface area contributed by atoms with Gasteiger partial charge in [-0.2, -0.15) is 4.31 Å². The summed E-state index contributed by atoms with van der Waals surface area (Å²) >= 11 is 6.06. The number of piperidine rings is 1. The van der Waals surface area contributed by atoms with Crippen LogP contribution in [0.15, 0.2) is 23.4 Å². The Morgan fingerprint density at radius 3 is 2.83 bits per heavy atom. The van der Waals surface area contributed by atoms with Gasteiger partial charge in [-0.3, -0.25) is 4.98 Å². The summed E-state index contributed by atoms with van der Waals surface area (Å²) in [6.07, 6.45) is 2.74. The van der Waals surface area contributed by atoms with Gasteiger partial charge in [0.1, 0.15) is 10.7 Å². The lowest BCUT2D eigenvalue weighted by Crippen LogP contribution is -2.43. The molecular weight excluding hydrogens is 279 g/mol. The fourth-order valence-electron chi connectivity index (χ4n) is 1.98. The van der Waals surface area contributed by atoms with Gasteiger partial charge in [-0.25, -0.2) is 12.8 Å². The molecule has 7 heteroatoms. The predicted octanol–water partition coefficient (Wildman–Crippen LogP) is 1.86. The predicted molar refractivity (Wildman–Crippen MR) is 66.4 cm³/mol. The highest BCUT2D eigenvalue weighted by atomic mass is 35.5. The second-order valence-electron chi connectivity index (χ2n) is 4.48. The van der Waals surface area contributed by atoms with E-state index in [4.69, 9.17) is 11.6 Å². The molecule has 0 radical (unpaired) electrons. The maximum Gasteiger partial charge on any atom is 0.244 e. The maximum absolute atomic E-state index is 13.0. The highest BCUT2D eigenvalue weighted by Gasteiger charge is 2.32. The van der Waals surface area contributed by atoms with Gasteiger partial charge in [-0.1, -0.05) is 6.92 Å². The molecule has 100 valence electrons. The summed E-state index contributed by atoms with van der Waals surface area (Å²) in [5.41, 5.74) is 0. The molecule has 0 N–H and O–H groups in total. The minimum absolute atomic E-state index is 0.0120. The average molecular weight is 293 g/mol. The van der Waals surface area contributed by atoms with E-state index in [0.717, 1.165) is 18.5 Å². The summed E-state index contributed by atoms with van der Waals surface area (Å²) in [6.45, 7) is 2.62. The fraction of sp³-hybridized carbons (Fsp3) is 0.545. The van der Waals surface area contributed by atoms with E-state index in [9.17, 15) is 12.8 Å². The average Bonchev–Trinajstić information content (AvgIpc) is 2.32. The number of pyridine rings is 1. The smallest absolute Gasteiger partial charge is 0.244 e. The first-order valence-electron chi connectivity index (χ1n) is 5.66. The van der Waals surface area contributed by atoms with E-state index < -0.39 is 15.8 Å². The molecule has 2 atom stereocenters. The van der Waals surface area contributed by atoms with Gasteiger partial charge in [0, 0.05) is 24.7 Å². The van der Waals surface area contributed by atoms with E-state index >= 15 is 0 Å². The molecular formula is C11H14ClFN2O2S. The molecule has 0 saturated carbocycles. The molecule has 1 aromatic heterocycles. The van der Waals surface area contributed by atoms with Crippen LogP contribution >= 0.6 is 11.6 Å². The van der Waals surface area contributed by atoms with Gasteiger partial charge < -0.3 is 0 Å². The Labute approximate surface area is 111 Å². The van der Waals surface area contributed by atoms with Gasteiger partial charge in [0.05, 0.1) is 6.20 Å². The molecule has 1 aliphatic heterocycles. The molecule has 1 aliphatic rings. The van der Waals surface area contributed by atoms with E-state index in [1.165, 1.54) is 4.31 Å². The normalized spacial score (nSPS) is 26.2. The zero-order chi connectivity index (χ0) is 13.3. The van der Waals surface area contributed by atoms with Gasteiger partial charge in [0.15, 0.2) is 0 Å². The minimum Gasteiger partial charge on any atom is -0.260 e. The molecule has 1 fully saturated rings. The molecule has 0 aromatic carbocycles. The first-order valence-corrected chi connectivity index (χ1v) is 7.53. The van der Waals surface area contributed by atoms with Crippen molar-refractivity contribution in [2.45, 2.75) is 23.6 Å². The summed E-state index contributed by atoms with van der Waals surface area (Å²) in [4.78, 5) is 3.46. The molecule has 2 rings (SSSR count). The highest BCUT2D eigenvalue weighted by Crippen LogP contribution is 2.26. The molecule has 0 aliphatic carbocycles. The first kappa shape index (κ1) is 13.7. The van der Waals surface area contributed by atoms with Crippen LogP contribution in [-0.2, 0) is 10.0 Å². The molecule has 2 unspecified atom stereocenters. The molecule has 2 heterocycles. The van der Waals surface area contributed by atoms with Crippen LogP contribution in [0.4, 0.5) is 4.39 Å². The third-order valence-corrected chi connectivity index (χ3v) is 5.56. The van der Waals surface area contributed by atoms with Crippen molar-refractivity contribution in [1.29, 1.82) is 0 Å². The van der Waals surface area contributed by atoms with Crippen molar-refractivity contribution < 1.29 is 12.8 Å². The minimum atomic E-state index is -3.67. The number of nitrogens with zero attached hydrogens (tertiary/aromatic N) is 2. The van der Waals surface area contributed by atoms with E-state index in [2.05, 4.69) is 4.98 Å². The Hall–Kier alpha value is -0.720. The van der Waals surface area contributed by atoms with Gasteiger partial charge in [-0.05, 0) is 18.4 Å². The van der Waals surface area contributed by atoms with Crippen molar-refractivity contribution in [3.8, 4) is 0 Å². The Morgan fingerprint density at radius 2 is 2.22 bits per heavy atom. The van der Waals surface area contributed by atoms with Crippen LogP contribution in [-0.4, -0.2) is 36.2 Å². The summed E-state index contributed by atoms with van der Waals surface area (Å²) in [5, 5.41) is -0.0120. The van der Waals surface area contributed by atoms with Crippen molar-refractivity contribution in [1.82, 2.24) is 9.29 Å². The number of rotatable bonds is 2. The van der Waals surface area contributed by atoms with Crippen LogP contribution < -0.4 is 0 Å². The first-order chi connectivity index (χ1) is 8.41. The zero-order valence-corrected chi connectivity index (χ0v) is 11.5. The van der Waals surface area contributed by atoms with Crippen LogP contribution in [0.1, 0.15) is 13.3 Å². The Balaban J connectivity index is 2.27. The number of alkyl halides is 1. The van der Waals surface area contributed by atoms with Crippen LogP contribution in [0.2, 0.25) is 0 Å². The second kappa shape index (κ2) is 5.11. The summed E-state index contributed by atoms with van der Waals surface area (Å²) in [5.74, 6) is -0.576. The number of hydrogen-bond donors (Lipinski definition) is 0. The topological polar surface area (TPSA) is 50.3 Å². The molecule has 0 amide bonds. The van der Waals surface area contributed by atoms with Crippen molar-refractivity contribution >= 4 is 21.6 Å². The van der Waals surface area contributed by atoms with E-state index in [0.29, 0.717) is 19.5 Å². The van der Waals surface area contributed by atoms with Crippen LogP contribution in [0.3, 0.4) is 0 Å². The molecule has 4 nitrogen and oxygen atoms in total. The Kier molecular flexibility index (Phi) is 3.89. The van der Waals surface area contributed by atoms with Gasteiger partial charge in [-0.15, -0.1) is 11.6 Å².